The molecule has 5 N–H and O–H groups in total. The van der Waals surface area contributed by atoms with Crippen LogP contribution in [0.4, 0.5) is 0 Å². The van der Waals surface area contributed by atoms with Crippen molar-refractivity contribution >= 4 is 11.9 Å². The molecular weight excluding hydrogens is 258 g/mol. The van der Waals surface area contributed by atoms with E-state index in [-0.39, 0.29) is 26.0 Å². The van der Waals surface area contributed by atoms with E-state index in [9.17, 15) is 9.59 Å². The van der Waals surface area contributed by atoms with Crippen LogP contribution in [-0.4, -0.2) is 42.3 Å². The molecule has 19 heavy (non-hydrogen) atoms. The van der Waals surface area contributed by atoms with Gasteiger partial charge in [0.15, 0.2) is 0 Å². The quantitative estimate of drug-likeness (QED) is 0.122. The lowest BCUT2D eigenvalue weighted by Gasteiger charge is -2.10. The topological polar surface area (TPSA) is 174 Å². The average molecular weight is 275 g/mol. The molecule has 0 bridgehead atoms. The molecule has 108 valence electrons. The van der Waals surface area contributed by atoms with Crippen LogP contribution in [0.25, 0.3) is 10.4 Å². The first-order valence-corrected chi connectivity index (χ1v) is 5.57. The summed E-state index contributed by atoms with van der Waals surface area (Å²) in [6.45, 7) is -0.0289. The van der Waals surface area contributed by atoms with Crippen LogP contribution in [0.1, 0.15) is 19.3 Å². The zero-order chi connectivity index (χ0) is 14.7. The van der Waals surface area contributed by atoms with E-state index >= 15 is 0 Å². The first-order valence-electron chi connectivity index (χ1n) is 5.57. The maximum absolute atomic E-state index is 11.3. The Morgan fingerprint density at radius 3 is 2.53 bits per heavy atom. The maximum Gasteiger partial charge on any atom is 0.358 e. The van der Waals surface area contributed by atoms with Crippen LogP contribution in [-0.2, 0) is 19.4 Å². The molecule has 0 saturated carbocycles. The highest BCUT2D eigenvalue weighted by molar-refractivity contribution is 5.75. The predicted octanol–water partition coefficient (Wildman–Crippen LogP) is -0.319. The molecular formula is C9H17N5O5. The molecule has 0 amide bonds. The van der Waals surface area contributed by atoms with E-state index in [0.717, 1.165) is 0 Å². The molecule has 0 aromatic heterocycles. The van der Waals surface area contributed by atoms with Gasteiger partial charge in [-0.25, -0.2) is 4.79 Å². The smallest absolute Gasteiger partial charge is 0.358 e. The minimum atomic E-state index is -1.10. The number of nitrogens with zero attached hydrogens (tertiary/aromatic N) is 3. The van der Waals surface area contributed by atoms with Gasteiger partial charge in [0.2, 0.25) is 0 Å². The van der Waals surface area contributed by atoms with Crippen molar-refractivity contribution in [2.75, 3.05) is 13.2 Å². The number of aliphatic carboxylic acids is 1. The monoisotopic (exact) mass is 275 g/mol. The molecule has 0 aliphatic heterocycles. The Kier molecular flexibility index (Phi) is 9.10. The van der Waals surface area contributed by atoms with Crippen molar-refractivity contribution in [1.82, 2.24) is 0 Å². The van der Waals surface area contributed by atoms with Crippen LogP contribution in [0.3, 0.4) is 0 Å². The number of azide groups is 1. The Labute approximate surface area is 109 Å². The Morgan fingerprint density at radius 2 is 1.95 bits per heavy atom. The average Bonchev–Trinajstić information content (AvgIpc) is 2.37. The second-order valence-electron chi connectivity index (χ2n) is 3.66. The predicted molar refractivity (Wildman–Crippen MR) is 63.5 cm³/mol. The molecule has 0 aromatic rings. The summed E-state index contributed by atoms with van der Waals surface area (Å²) in [6, 6.07) is -1.89. The fourth-order valence-corrected chi connectivity index (χ4v) is 1.08. The van der Waals surface area contributed by atoms with Crippen molar-refractivity contribution < 1.29 is 24.5 Å². The highest BCUT2D eigenvalue weighted by Gasteiger charge is 2.18. The molecule has 0 aliphatic carbocycles. The Balaban J connectivity index is 3.70. The van der Waals surface area contributed by atoms with Gasteiger partial charge in [0.25, 0.3) is 0 Å². The van der Waals surface area contributed by atoms with Crippen molar-refractivity contribution in [3.63, 3.8) is 0 Å². The summed E-state index contributed by atoms with van der Waals surface area (Å²) in [5.74, 6) is -1.87. The molecule has 0 rings (SSSR count). The van der Waals surface area contributed by atoms with Crippen molar-refractivity contribution in [1.29, 1.82) is 0 Å². The van der Waals surface area contributed by atoms with Crippen molar-refractivity contribution in [2.45, 2.75) is 31.3 Å². The van der Waals surface area contributed by atoms with Gasteiger partial charge >= 0.3 is 11.9 Å². The third kappa shape index (κ3) is 8.80. The van der Waals surface area contributed by atoms with E-state index in [1.54, 1.807) is 0 Å². The van der Waals surface area contributed by atoms with E-state index in [0.29, 0.717) is 6.42 Å². The molecule has 0 aromatic carbocycles. The molecule has 0 radical (unpaired) electrons. The van der Waals surface area contributed by atoms with Gasteiger partial charge in [-0.1, -0.05) is 5.11 Å². The molecule has 0 fully saturated rings. The summed E-state index contributed by atoms with van der Waals surface area (Å²) in [7, 11) is 0. The van der Waals surface area contributed by atoms with Crippen LogP contribution in [0.5, 0.6) is 0 Å². The van der Waals surface area contributed by atoms with Gasteiger partial charge in [0.1, 0.15) is 12.1 Å². The molecule has 10 nitrogen and oxygen atoms in total. The number of nitrogens with two attached hydrogens (primary N) is 2. The summed E-state index contributed by atoms with van der Waals surface area (Å²) in [5, 5.41) is 11.7. The normalized spacial score (nSPS) is 13.2. The lowest BCUT2D eigenvalue weighted by molar-refractivity contribution is -0.271. The summed E-state index contributed by atoms with van der Waals surface area (Å²) < 4.78 is 0. The lowest BCUT2D eigenvalue weighted by atomic mass is 10.1. The second kappa shape index (κ2) is 10.1. The van der Waals surface area contributed by atoms with Gasteiger partial charge in [-0.3, -0.25) is 9.68 Å². The molecule has 0 aliphatic rings. The van der Waals surface area contributed by atoms with Gasteiger partial charge < -0.3 is 16.6 Å². The Bertz CT molecular complexity index is 344. The van der Waals surface area contributed by atoms with E-state index in [1.807, 2.05) is 0 Å². The number of hydrogen-bond donors (Lipinski definition) is 3. The highest BCUT2D eigenvalue weighted by atomic mass is 17.2. The SMILES string of the molecule is [N-]=[N+]=NCCOOC(=O)C(N)CCC[C@H](N)C(=O)O. The highest BCUT2D eigenvalue weighted by Crippen LogP contribution is 2.03. The molecule has 0 saturated heterocycles. The molecule has 0 heterocycles. The standard InChI is InChI=1S/C9H17N5O5/c10-6(8(15)16)2-1-3-7(11)9(17)19-18-5-4-13-14-12/h6-7H,1-5,10-11H2,(H,15,16)/t6-,7?/m0/s1. The summed E-state index contributed by atoms with van der Waals surface area (Å²) in [4.78, 5) is 33.0. The van der Waals surface area contributed by atoms with Crippen LogP contribution in [0, 0.1) is 0 Å². The third-order valence-corrected chi connectivity index (χ3v) is 2.13. The number of carboxylic acid groups (broad SMARTS) is 1. The van der Waals surface area contributed by atoms with Crippen LogP contribution in [0.15, 0.2) is 5.11 Å². The van der Waals surface area contributed by atoms with Crippen molar-refractivity contribution in [3.8, 4) is 0 Å². The van der Waals surface area contributed by atoms with Crippen LogP contribution in [0.2, 0.25) is 0 Å². The second-order valence-corrected chi connectivity index (χ2v) is 3.66. The van der Waals surface area contributed by atoms with Crippen molar-refractivity contribution in [3.05, 3.63) is 10.4 Å². The molecule has 1 unspecified atom stereocenters. The fraction of sp³-hybridized carbons (Fsp3) is 0.778. The van der Waals surface area contributed by atoms with E-state index < -0.39 is 24.0 Å². The van der Waals surface area contributed by atoms with E-state index in [1.165, 1.54) is 0 Å². The van der Waals surface area contributed by atoms with Crippen LogP contribution >= 0.6 is 0 Å². The van der Waals surface area contributed by atoms with Gasteiger partial charge in [-0.15, -0.1) is 0 Å². The molecule has 0 spiro atoms. The first-order chi connectivity index (χ1) is 8.99. The largest absolute Gasteiger partial charge is 0.480 e. The Morgan fingerprint density at radius 1 is 1.32 bits per heavy atom. The summed E-state index contributed by atoms with van der Waals surface area (Å²) >= 11 is 0. The van der Waals surface area contributed by atoms with Gasteiger partial charge in [-0.05, 0) is 24.8 Å². The maximum atomic E-state index is 11.3. The van der Waals surface area contributed by atoms with E-state index in [2.05, 4.69) is 19.8 Å². The van der Waals surface area contributed by atoms with Crippen molar-refractivity contribution in [2.24, 2.45) is 16.6 Å². The minimum absolute atomic E-state index is 0.0342. The fourth-order valence-electron chi connectivity index (χ4n) is 1.08. The van der Waals surface area contributed by atoms with Gasteiger partial charge in [0.05, 0.1) is 13.2 Å². The number of hydrogen-bond acceptors (Lipinski definition) is 7. The third-order valence-electron chi connectivity index (χ3n) is 2.13. The van der Waals surface area contributed by atoms with Gasteiger partial charge in [-0.2, -0.15) is 4.89 Å². The molecule has 2 atom stereocenters. The number of carbonyl (C=O) groups excluding carboxylic acids is 1. The minimum Gasteiger partial charge on any atom is -0.480 e. The summed E-state index contributed by atoms with van der Waals surface area (Å²) in [6.07, 6.45) is 0.829. The number of carboxylic acids is 1. The van der Waals surface area contributed by atoms with Gasteiger partial charge in [0, 0.05) is 4.91 Å². The first kappa shape index (κ1) is 17.1. The van der Waals surface area contributed by atoms with E-state index in [4.69, 9.17) is 22.1 Å². The Hall–Kier alpha value is -1.87. The summed E-state index contributed by atoms with van der Waals surface area (Å²) in [5.41, 5.74) is 18.7. The lowest BCUT2D eigenvalue weighted by Crippen LogP contribution is -2.34. The zero-order valence-corrected chi connectivity index (χ0v) is 10.3. The molecule has 10 heteroatoms. The number of carbonyl (C=O) groups is 2. The van der Waals surface area contributed by atoms with Crippen LogP contribution < -0.4 is 11.5 Å². The zero-order valence-electron chi connectivity index (χ0n) is 10.3. The number of rotatable bonds is 10.